The highest BCUT2D eigenvalue weighted by molar-refractivity contribution is 5.76. The first-order valence-corrected chi connectivity index (χ1v) is 7.98. The predicted octanol–water partition coefficient (Wildman–Crippen LogP) is 1.50. The highest BCUT2D eigenvalue weighted by Gasteiger charge is 2.21. The van der Waals surface area contributed by atoms with E-state index in [0.717, 1.165) is 25.9 Å². The van der Waals surface area contributed by atoms with Gasteiger partial charge in [-0.05, 0) is 51.1 Å². The number of nitrogens with one attached hydrogen (secondary N) is 1. The van der Waals surface area contributed by atoms with Crippen molar-refractivity contribution in [1.82, 2.24) is 10.2 Å². The molecule has 1 saturated carbocycles. The Hall–Kier alpha value is -0.610. The van der Waals surface area contributed by atoms with Gasteiger partial charge in [-0.15, -0.1) is 0 Å². The van der Waals surface area contributed by atoms with Crippen molar-refractivity contribution in [2.24, 2.45) is 11.7 Å². The zero-order valence-electron chi connectivity index (χ0n) is 12.1. The monoisotopic (exact) mass is 267 g/mol. The van der Waals surface area contributed by atoms with E-state index < -0.39 is 0 Å². The van der Waals surface area contributed by atoms with E-state index in [1.54, 1.807) is 0 Å². The minimum Gasteiger partial charge on any atom is -0.355 e. The van der Waals surface area contributed by atoms with Gasteiger partial charge in [0, 0.05) is 25.6 Å². The van der Waals surface area contributed by atoms with Gasteiger partial charge in [0.15, 0.2) is 0 Å². The van der Waals surface area contributed by atoms with Gasteiger partial charge in [-0.2, -0.15) is 0 Å². The van der Waals surface area contributed by atoms with Crippen molar-refractivity contribution >= 4 is 5.91 Å². The smallest absolute Gasteiger partial charge is 0.220 e. The molecule has 1 aliphatic carbocycles. The molecule has 2 unspecified atom stereocenters. The number of rotatable bonds is 5. The summed E-state index contributed by atoms with van der Waals surface area (Å²) in [6, 6.07) is 0.319. The summed E-state index contributed by atoms with van der Waals surface area (Å²) in [5, 5.41) is 3.07. The Morgan fingerprint density at radius 3 is 2.68 bits per heavy atom. The van der Waals surface area contributed by atoms with Crippen LogP contribution in [0, 0.1) is 5.92 Å². The lowest BCUT2D eigenvalue weighted by atomic mass is 9.84. The maximum atomic E-state index is 11.9. The van der Waals surface area contributed by atoms with E-state index in [4.69, 9.17) is 5.73 Å². The number of likely N-dealkylation sites (tertiary alicyclic amines) is 1. The van der Waals surface area contributed by atoms with Crippen molar-refractivity contribution in [3.8, 4) is 0 Å². The second kappa shape index (κ2) is 7.85. The average Bonchev–Trinajstić information content (AvgIpc) is 2.40. The first-order valence-electron chi connectivity index (χ1n) is 7.98. The van der Waals surface area contributed by atoms with Crippen LogP contribution in [0.25, 0.3) is 0 Å². The molecular formula is C15H29N3O. The number of hydrogen-bond acceptors (Lipinski definition) is 3. The Balaban J connectivity index is 1.56. The SMILES string of the molecule is NC1CCCC(CC(=O)NCCN2CCCCC2)C1. The first-order chi connectivity index (χ1) is 9.24. The molecule has 19 heavy (non-hydrogen) atoms. The topological polar surface area (TPSA) is 58.4 Å². The lowest BCUT2D eigenvalue weighted by Crippen LogP contribution is -2.38. The third-order valence-corrected chi connectivity index (χ3v) is 4.50. The Bertz CT molecular complexity index is 277. The molecule has 2 atom stereocenters. The van der Waals surface area contributed by atoms with Gasteiger partial charge in [-0.1, -0.05) is 12.8 Å². The van der Waals surface area contributed by atoms with Gasteiger partial charge in [-0.3, -0.25) is 4.79 Å². The summed E-state index contributed by atoms with van der Waals surface area (Å²) in [4.78, 5) is 14.3. The van der Waals surface area contributed by atoms with E-state index in [1.807, 2.05) is 0 Å². The van der Waals surface area contributed by atoms with Crippen molar-refractivity contribution in [1.29, 1.82) is 0 Å². The fourth-order valence-corrected chi connectivity index (χ4v) is 3.39. The Labute approximate surface area is 117 Å². The fourth-order valence-electron chi connectivity index (χ4n) is 3.39. The molecule has 2 aliphatic rings. The zero-order valence-corrected chi connectivity index (χ0v) is 12.1. The van der Waals surface area contributed by atoms with E-state index in [1.165, 1.54) is 45.2 Å². The van der Waals surface area contributed by atoms with Gasteiger partial charge in [0.25, 0.3) is 0 Å². The van der Waals surface area contributed by atoms with Crippen LogP contribution in [0.15, 0.2) is 0 Å². The van der Waals surface area contributed by atoms with Crippen molar-refractivity contribution in [3.05, 3.63) is 0 Å². The molecule has 1 heterocycles. The summed E-state index contributed by atoms with van der Waals surface area (Å²) in [6.07, 6.45) is 9.19. The quantitative estimate of drug-likeness (QED) is 0.793. The number of nitrogens with two attached hydrogens (primary N) is 1. The normalized spacial score (nSPS) is 29.1. The van der Waals surface area contributed by atoms with Crippen LogP contribution >= 0.6 is 0 Å². The van der Waals surface area contributed by atoms with Crippen LogP contribution in [0.1, 0.15) is 51.4 Å². The van der Waals surface area contributed by atoms with Gasteiger partial charge in [0.1, 0.15) is 0 Å². The van der Waals surface area contributed by atoms with Crippen LogP contribution in [0.4, 0.5) is 0 Å². The second-order valence-electron chi connectivity index (χ2n) is 6.25. The van der Waals surface area contributed by atoms with Crippen molar-refractivity contribution < 1.29 is 4.79 Å². The van der Waals surface area contributed by atoms with Gasteiger partial charge in [0.05, 0.1) is 0 Å². The van der Waals surface area contributed by atoms with Crippen LogP contribution in [0.2, 0.25) is 0 Å². The maximum Gasteiger partial charge on any atom is 0.220 e. The number of hydrogen-bond donors (Lipinski definition) is 2. The molecule has 0 radical (unpaired) electrons. The van der Waals surface area contributed by atoms with Crippen LogP contribution < -0.4 is 11.1 Å². The number of carbonyl (C=O) groups excluding carboxylic acids is 1. The Morgan fingerprint density at radius 1 is 1.16 bits per heavy atom. The lowest BCUT2D eigenvalue weighted by Gasteiger charge is -2.27. The highest BCUT2D eigenvalue weighted by atomic mass is 16.1. The zero-order chi connectivity index (χ0) is 13.5. The van der Waals surface area contributed by atoms with Crippen LogP contribution in [-0.2, 0) is 4.79 Å². The molecule has 3 N–H and O–H groups in total. The van der Waals surface area contributed by atoms with Gasteiger partial charge >= 0.3 is 0 Å². The molecule has 4 heteroatoms. The third kappa shape index (κ3) is 5.49. The van der Waals surface area contributed by atoms with Gasteiger partial charge < -0.3 is 16.0 Å². The molecule has 2 fully saturated rings. The van der Waals surface area contributed by atoms with Crippen LogP contribution in [0.3, 0.4) is 0 Å². The minimum absolute atomic E-state index is 0.219. The molecule has 1 saturated heterocycles. The summed E-state index contributed by atoms with van der Waals surface area (Å²) in [5.41, 5.74) is 5.96. The minimum atomic E-state index is 0.219. The molecule has 1 aliphatic heterocycles. The average molecular weight is 267 g/mol. The summed E-state index contributed by atoms with van der Waals surface area (Å²) < 4.78 is 0. The third-order valence-electron chi connectivity index (χ3n) is 4.50. The van der Waals surface area contributed by atoms with Crippen molar-refractivity contribution in [3.63, 3.8) is 0 Å². The van der Waals surface area contributed by atoms with E-state index in [0.29, 0.717) is 18.4 Å². The number of piperidine rings is 1. The molecule has 110 valence electrons. The molecule has 1 amide bonds. The second-order valence-corrected chi connectivity index (χ2v) is 6.25. The summed E-state index contributed by atoms with van der Waals surface area (Å²) in [6.45, 7) is 4.22. The van der Waals surface area contributed by atoms with E-state index in [2.05, 4.69) is 10.2 Å². The van der Waals surface area contributed by atoms with E-state index >= 15 is 0 Å². The molecule has 0 bridgehead atoms. The molecule has 0 aromatic heterocycles. The van der Waals surface area contributed by atoms with Crippen molar-refractivity contribution in [2.45, 2.75) is 57.4 Å². The number of carbonyl (C=O) groups is 1. The summed E-state index contributed by atoms with van der Waals surface area (Å²) >= 11 is 0. The van der Waals surface area contributed by atoms with E-state index in [-0.39, 0.29) is 5.91 Å². The fraction of sp³-hybridized carbons (Fsp3) is 0.933. The van der Waals surface area contributed by atoms with Crippen LogP contribution in [0.5, 0.6) is 0 Å². The predicted molar refractivity (Wildman–Crippen MR) is 77.9 cm³/mol. The summed E-state index contributed by atoms with van der Waals surface area (Å²) in [5.74, 6) is 0.731. The van der Waals surface area contributed by atoms with Crippen molar-refractivity contribution in [2.75, 3.05) is 26.2 Å². The molecule has 0 aromatic rings. The molecule has 0 aromatic carbocycles. The molecule has 0 spiro atoms. The largest absolute Gasteiger partial charge is 0.355 e. The highest BCUT2D eigenvalue weighted by Crippen LogP contribution is 2.25. The maximum absolute atomic E-state index is 11.9. The van der Waals surface area contributed by atoms with Gasteiger partial charge in [-0.25, -0.2) is 0 Å². The molecule has 4 nitrogen and oxygen atoms in total. The standard InChI is InChI=1S/C15H29N3O/c16-14-6-4-5-13(11-14)12-15(19)17-7-10-18-8-2-1-3-9-18/h13-14H,1-12,16H2,(H,17,19). The first kappa shape index (κ1) is 14.8. The molecule has 2 rings (SSSR count). The summed E-state index contributed by atoms with van der Waals surface area (Å²) in [7, 11) is 0. The Kier molecular flexibility index (Phi) is 6.11. The molecular weight excluding hydrogens is 238 g/mol. The van der Waals surface area contributed by atoms with Gasteiger partial charge in [0.2, 0.25) is 5.91 Å². The number of nitrogens with zero attached hydrogens (tertiary/aromatic N) is 1. The van der Waals surface area contributed by atoms with E-state index in [9.17, 15) is 4.79 Å². The lowest BCUT2D eigenvalue weighted by molar-refractivity contribution is -0.122. The van der Waals surface area contributed by atoms with Crippen LogP contribution in [-0.4, -0.2) is 43.0 Å². The number of amides is 1. The Morgan fingerprint density at radius 2 is 1.95 bits per heavy atom.